The second-order valence-electron chi connectivity index (χ2n) is 2.06. The second kappa shape index (κ2) is 3.50. The third-order valence-corrected chi connectivity index (χ3v) is 1.11. The van der Waals surface area contributed by atoms with Gasteiger partial charge in [0, 0.05) is 12.8 Å². The average molecular weight is 167 g/mol. The van der Waals surface area contributed by atoms with E-state index in [2.05, 4.69) is 4.99 Å². The summed E-state index contributed by atoms with van der Waals surface area (Å²) >= 11 is 0. The number of Topliss-reactive ketones (excluding diaryl/α,β-unsaturated/α-hetero) is 1. The van der Waals surface area contributed by atoms with Crippen LogP contribution in [0.2, 0.25) is 0 Å². The number of aliphatic imine (C=N–C) groups is 1. The van der Waals surface area contributed by atoms with Gasteiger partial charge < -0.3 is 0 Å². The van der Waals surface area contributed by atoms with E-state index in [4.69, 9.17) is 0 Å². The highest BCUT2D eigenvalue weighted by Gasteiger charge is 2.37. The number of alkyl halides is 3. The third kappa shape index (κ3) is 3.75. The highest BCUT2D eigenvalue weighted by molar-refractivity contribution is 6.02. The molecule has 0 heterocycles. The fourth-order valence-electron chi connectivity index (χ4n) is 0.412. The molecule has 0 rings (SSSR count). The van der Waals surface area contributed by atoms with E-state index in [0.717, 1.165) is 0 Å². The molecule has 0 amide bonds. The molecular formula is C6H8F3NO. The normalized spacial score (nSPS) is 13.4. The van der Waals surface area contributed by atoms with E-state index in [1.807, 2.05) is 0 Å². The van der Waals surface area contributed by atoms with E-state index in [-0.39, 0.29) is 5.71 Å². The van der Waals surface area contributed by atoms with Gasteiger partial charge in [0.2, 0.25) is 5.78 Å². The van der Waals surface area contributed by atoms with E-state index in [1.165, 1.54) is 14.0 Å². The number of carbonyl (C=O) groups is 1. The Labute approximate surface area is 62.1 Å². The molecule has 0 aromatic rings. The molecule has 11 heavy (non-hydrogen) atoms. The van der Waals surface area contributed by atoms with E-state index in [0.29, 0.717) is 0 Å². The lowest BCUT2D eigenvalue weighted by molar-refractivity contribution is -0.169. The Morgan fingerprint density at radius 3 is 2.18 bits per heavy atom. The molecule has 0 N–H and O–H groups in total. The molecule has 0 atom stereocenters. The molecule has 0 fully saturated rings. The van der Waals surface area contributed by atoms with Crippen molar-refractivity contribution in [2.75, 3.05) is 7.05 Å². The number of hydrogen-bond acceptors (Lipinski definition) is 2. The third-order valence-electron chi connectivity index (χ3n) is 1.11. The predicted octanol–water partition coefficient (Wildman–Crippen LogP) is 1.60. The fourth-order valence-corrected chi connectivity index (χ4v) is 0.412. The zero-order valence-electron chi connectivity index (χ0n) is 6.20. The molecule has 0 unspecified atom stereocenters. The molecule has 0 aliphatic heterocycles. The highest BCUT2D eigenvalue weighted by Crippen LogP contribution is 2.17. The minimum atomic E-state index is -4.73. The molecule has 0 spiro atoms. The summed E-state index contributed by atoms with van der Waals surface area (Å²) in [6.45, 7) is 1.38. The van der Waals surface area contributed by atoms with Crippen molar-refractivity contribution in [1.29, 1.82) is 0 Å². The van der Waals surface area contributed by atoms with Crippen molar-refractivity contribution in [3.8, 4) is 0 Å². The summed E-state index contributed by atoms with van der Waals surface area (Å²) in [5.41, 5.74) is 0.187. The van der Waals surface area contributed by atoms with Gasteiger partial charge in [0.05, 0.1) is 6.42 Å². The molecule has 0 radical (unpaired) electrons. The Balaban J connectivity index is 4.10. The Bertz CT molecular complexity index is 183. The van der Waals surface area contributed by atoms with Crippen LogP contribution in [0, 0.1) is 0 Å². The largest absolute Gasteiger partial charge is 0.450 e. The average Bonchev–Trinajstić information content (AvgIpc) is 1.85. The van der Waals surface area contributed by atoms with Gasteiger partial charge in [-0.3, -0.25) is 9.79 Å². The molecule has 0 aromatic carbocycles. The molecule has 5 heteroatoms. The maximum atomic E-state index is 11.5. The lowest BCUT2D eigenvalue weighted by Crippen LogP contribution is -2.24. The van der Waals surface area contributed by atoms with Crippen LogP contribution in [0.25, 0.3) is 0 Å². The first-order valence-corrected chi connectivity index (χ1v) is 2.90. The van der Waals surface area contributed by atoms with Crippen LogP contribution >= 0.6 is 0 Å². The first-order chi connectivity index (χ1) is 4.88. The molecule has 2 nitrogen and oxygen atoms in total. The summed E-state index contributed by atoms with van der Waals surface area (Å²) in [5.74, 6) is -1.75. The maximum Gasteiger partial charge on any atom is 0.450 e. The molecule has 0 saturated carbocycles. The molecule has 0 aliphatic rings. The number of halogens is 3. The van der Waals surface area contributed by atoms with Gasteiger partial charge in [-0.1, -0.05) is 0 Å². The Morgan fingerprint density at radius 2 is 1.91 bits per heavy atom. The monoisotopic (exact) mass is 167 g/mol. The zero-order chi connectivity index (χ0) is 9.07. The summed E-state index contributed by atoms with van der Waals surface area (Å²) in [4.78, 5) is 13.7. The smallest absolute Gasteiger partial charge is 0.297 e. The lowest BCUT2D eigenvalue weighted by atomic mass is 10.2. The van der Waals surface area contributed by atoms with E-state index < -0.39 is 18.4 Å². The first kappa shape index (κ1) is 10.1. The minimum absolute atomic E-state index is 0.187. The fraction of sp³-hybridized carbons (Fsp3) is 0.667. The number of ketones is 1. The molecule has 0 saturated heterocycles. The van der Waals surface area contributed by atoms with E-state index in [1.54, 1.807) is 0 Å². The van der Waals surface area contributed by atoms with Crippen LogP contribution in [0.1, 0.15) is 13.3 Å². The van der Waals surface area contributed by atoms with Gasteiger partial charge in [-0.15, -0.1) is 0 Å². The highest BCUT2D eigenvalue weighted by atomic mass is 19.4. The number of rotatable bonds is 2. The van der Waals surface area contributed by atoms with Crippen LogP contribution in [0.5, 0.6) is 0 Å². The topological polar surface area (TPSA) is 29.4 Å². The molecule has 0 aliphatic carbocycles. The number of nitrogens with zero attached hydrogens (tertiary/aromatic N) is 1. The zero-order valence-corrected chi connectivity index (χ0v) is 6.20. The van der Waals surface area contributed by atoms with Gasteiger partial charge in [0.25, 0.3) is 0 Å². The van der Waals surface area contributed by atoms with Crippen LogP contribution < -0.4 is 0 Å². The van der Waals surface area contributed by atoms with Gasteiger partial charge in [-0.2, -0.15) is 13.2 Å². The molecule has 0 bridgehead atoms. The van der Waals surface area contributed by atoms with Crippen LogP contribution in [0.15, 0.2) is 4.99 Å². The van der Waals surface area contributed by atoms with Crippen LogP contribution in [-0.2, 0) is 4.79 Å². The first-order valence-electron chi connectivity index (χ1n) is 2.90. The van der Waals surface area contributed by atoms with Gasteiger partial charge in [-0.25, -0.2) is 0 Å². The second-order valence-corrected chi connectivity index (χ2v) is 2.06. The van der Waals surface area contributed by atoms with Crippen molar-refractivity contribution >= 4 is 11.5 Å². The van der Waals surface area contributed by atoms with Gasteiger partial charge in [0.15, 0.2) is 0 Å². The van der Waals surface area contributed by atoms with Crippen molar-refractivity contribution in [3.05, 3.63) is 0 Å². The predicted molar refractivity (Wildman–Crippen MR) is 34.7 cm³/mol. The van der Waals surface area contributed by atoms with Gasteiger partial charge >= 0.3 is 6.18 Å². The Kier molecular flexibility index (Phi) is 3.22. The van der Waals surface area contributed by atoms with E-state index in [9.17, 15) is 18.0 Å². The van der Waals surface area contributed by atoms with Gasteiger partial charge in [-0.05, 0) is 6.92 Å². The molecule has 64 valence electrons. The van der Waals surface area contributed by atoms with Gasteiger partial charge in [0.1, 0.15) is 0 Å². The van der Waals surface area contributed by atoms with Crippen LogP contribution in [0.3, 0.4) is 0 Å². The quantitative estimate of drug-likeness (QED) is 0.574. The standard InChI is InChI=1S/C6H8F3NO/c1-4(10-2)3-5(11)6(7,8)9/h3H2,1-2H3. The van der Waals surface area contributed by atoms with E-state index >= 15 is 0 Å². The Hall–Kier alpha value is -0.870. The summed E-state index contributed by atoms with van der Waals surface area (Å²) in [7, 11) is 1.35. The van der Waals surface area contributed by atoms with Crippen molar-refractivity contribution in [2.45, 2.75) is 19.5 Å². The van der Waals surface area contributed by atoms with Crippen LogP contribution in [-0.4, -0.2) is 24.7 Å². The summed E-state index contributed by atoms with van der Waals surface area (Å²) in [6.07, 6.45) is -5.37. The van der Waals surface area contributed by atoms with Crippen molar-refractivity contribution < 1.29 is 18.0 Å². The summed E-state index contributed by atoms with van der Waals surface area (Å²) in [6, 6.07) is 0. The van der Waals surface area contributed by atoms with Crippen molar-refractivity contribution in [1.82, 2.24) is 0 Å². The Morgan fingerprint density at radius 1 is 1.45 bits per heavy atom. The van der Waals surface area contributed by atoms with Crippen molar-refractivity contribution in [3.63, 3.8) is 0 Å². The molecule has 0 aromatic heterocycles. The number of hydrogen-bond donors (Lipinski definition) is 0. The molecular weight excluding hydrogens is 159 g/mol. The minimum Gasteiger partial charge on any atom is -0.297 e. The number of carbonyl (C=O) groups excluding carboxylic acids is 1. The lowest BCUT2D eigenvalue weighted by Gasteiger charge is -2.03. The summed E-state index contributed by atoms with van der Waals surface area (Å²) in [5, 5.41) is 0. The maximum absolute atomic E-state index is 11.5. The van der Waals surface area contributed by atoms with Crippen LogP contribution in [0.4, 0.5) is 13.2 Å². The van der Waals surface area contributed by atoms with Crippen molar-refractivity contribution in [2.24, 2.45) is 4.99 Å². The SMILES string of the molecule is CN=C(C)CC(=O)C(F)(F)F. The summed E-state index contributed by atoms with van der Waals surface area (Å²) < 4.78 is 34.6.